The zero-order chi connectivity index (χ0) is 18.9. The molecule has 0 N–H and O–H groups in total. The van der Waals surface area contributed by atoms with Crippen LogP contribution in [0, 0.1) is 0 Å². The highest BCUT2D eigenvalue weighted by Gasteiger charge is 2.19. The van der Waals surface area contributed by atoms with Crippen molar-refractivity contribution in [3.8, 4) is 17.2 Å². The van der Waals surface area contributed by atoms with Gasteiger partial charge in [-0.3, -0.25) is 4.79 Å². The first-order valence-corrected chi connectivity index (χ1v) is 9.59. The van der Waals surface area contributed by atoms with E-state index in [2.05, 4.69) is 13.8 Å². The summed E-state index contributed by atoms with van der Waals surface area (Å²) in [5.41, 5.74) is 0.678. The highest BCUT2D eigenvalue weighted by molar-refractivity contribution is 5.89. The van der Waals surface area contributed by atoms with Crippen LogP contribution in [0.5, 0.6) is 17.2 Å². The molecule has 1 aromatic heterocycles. The molecule has 0 aliphatic heterocycles. The van der Waals surface area contributed by atoms with E-state index in [0.29, 0.717) is 18.9 Å². The molecule has 5 nitrogen and oxygen atoms in total. The maximum absolute atomic E-state index is 13.0. The molecule has 1 aromatic carbocycles. The van der Waals surface area contributed by atoms with Gasteiger partial charge in [0.25, 0.3) is 5.56 Å². The summed E-state index contributed by atoms with van der Waals surface area (Å²) in [6, 6.07) is 5.73. The van der Waals surface area contributed by atoms with Gasteiger partial charge in [0, 0.05) is 18.0 Å². The fourth-order valence-corrected chi connectivity index (χ4v) is 3.07. The molecular weight excluding hydrogens is 330 g/mol. The molecule has 0 fully saturated rings. The van der Waals surface area contributed by atoms with Gasteiger partial charge in [0.05, 0.1) is 26.3 Å². The fourth-order valence-electron chi connectivity index (χ4n) is 3.07. The van der Waals surface area contributed by atoms with Crippen molar-refractivity contribution in [3.63, 3.8) is 0 Å². The van der Waals surface area contributed by atoms with Crippen LogP contribution in [-0.2, 0) is 6.54 Å². The quantitative estimate of drug-likeness (QED) is 0.541. The van der Waals surface area contributed by atoms with Crippen molar-refractivity contribution < 1.29 is 14.2 Å². The number of aryl methyl sites for hydroxylation is 1. The third-order valence-electron chi connectivity index (χ3n) is 4.57. The number of pyridine rings is 1. The maximum Gasteiger partial charge on any atom is 0.297 e. The van der Waals surface area contributed by atoms with E-state index in [1.165, 1.54) is 20.0 Å². The monoisotopic (exact) mass is 361 g/mol. The zero-order valence-electron chi connectivity index (χ0n) is 16.5. The van der Waals surface area contributed by atoms with E-state index in [-0.39, 0.29) is 11.3 Å². The molecule has 5 heteroatoms. The van der Waals surface area contributed by atoms with Gasteiger partial charge in [-0.2, -0.15) is 0 Å². The lowest BCUT2D eigenvalue weighted by atomic mass is 10.1. The van der Waals surface area contributed by atoms with Gasteiger partial charge in [-0.1, -0.05) is 39.5 Å². The summed E-state index contributed by atoms with van der Waals surface area (Å²) in [5.74, 6) is 1.55. The van der Waals surface area contributed by atoms with Crippen molar-refractivity contribution in [1.29, 1.82) is 0 Å². The van der Waals surface area contributed by atoms with E-state index in [9.17, 15) is 4.79 Å². The average Bonchev–Trinajstić information content (AvgIpc) is 2.66. The number of rotatable bonds is 11. The maximum atomic E-state index is 13.0. The molecule has 2 rings (SSSR count). The normalized spacial score (nSPS) is 10.9. The largest absolute Gasteiger partial charge is 0.497 e. The number of ether oxygens (including phenoxy) is 3. The fraction of sp³-hybridized carbons (Fsp3) is 0.571. The molecular formula is C21H31NO4. The molecule has 0 atom stereocenters. The third-order valence-corrected chi connectivity index (χ3v) is 4.57. The van der Waals surface area contributed by atoms with Crippen LogP contribution in [0.15, 0.2) is 23.0 Å². The summed E-state index contributed by atoms with van der Waals surface area (Å²) in [5, 5.41) is 0.883. The van der Waals surface area contributed by atoms with Crippen molar-refractivity contribution in [2.75, 3.05) is 20.8 Å². The highest BCUT2D eigenvalue weighted by Crippen LogP contribution is 2.34. The van der Waals surface area contributed by atoms with Crippen molar-refractivity contribution in [2.45, 2.75) is 58.9 Å². The van der Waals surface area contributed by atoms with Gasteiger partial charge >= 0.3 is 0 Å². The smallest absolute Gasteiger partial charge is 0.297 e. The minimum atomic E-state index is -0.148. The Labute approximate surface area is 155 Å². The Kier molecular flexibility index (Phi) is 7.82. The second-order valence-electron chi connectivity index (χ2n) is 6.46. The predicted molar refractivity (Wildman–Crippen MR) is 106 cm³/mol. The van der Waals surface area contributed by atoms with Crippen LogP contribution in [0.2, 0.25) is 0 Å². The standard InChI is InChI=1S/C21H31NO4/c1-5-7-9-10-14-26-19-17-12-11-16(24-3)15-18(17)22(13-8-6-2)21(23)20(19)25-4/h11-12,15H,5-10,13-14H2,1-4H3. The van der Waals surface area contributed by atoms with E-state index >= 15 is 0 Å². The van der Waals surface area contributed by atoms with Gasteiger partial charge in [0.15, 0.2) is 5.75 Å². The summed E-state index contributed by atoms with van der Waals surface area (Å²) in [6.45, 7) is 5.52. The molecule has 0 saturated heterocycles. The first-order chi connectivity index (χ1) is 12.7. The van der Waals surface area contributed by atoms with Crippen molar-refractivity contribution >= 4 is 10.9 Å². The van der Waals surface area contributed by atoms with Gasteiger partial charge in [-0.05, 0) is 25.0 Å². The molecule has 0 aliphatic carbocycles. The molecule has 0 bridgehead atoms. The summed E-state index contributed by atoms with van der Waals surface area (Å²) in [4.78, 5) is 13.0. The number of hydrogen-bond acceptors (Lipinski definition) is 4. The lowest BCUT2D eigenvalue weighted by Crippen LogP contribution is -2.23. The predicted octanol–water partition coefficient (Wildman–Crippen LogP) is 4.78. The van der Waals surface area contributed by atoms with Crippen LogP contribution in [0.25, 0.3) is 10.9 Å². The SMILES string of the molecule is CCCCCCOc1c(OC)c(=O)n(CCCC)c2cc(OC)ccc12. The summed E-state index contributed by atoms with van der Waals surface area (Å²) < 4.78 is 18.6. The van der Waals surface area contributed by atoms with Gasteiger partial charge in [-0.25, -0.2) is 0 Å². The van der Waals surface area contributed by atoms with Crippen molar-refractivity contribution in [2.24, 2.45) is 0 Å². The summed E-state index contributed by atoms with van der Waals surface area (Å²) >= 11 is 0. The lowest BCUT2D eigenvalue weighted by Gasteiger charge is -2.18. The van der Waals surface area contributed by atoms with E-state index in [1.807, 2.05) is 18.2 Å². The van der Waals surface area contributed by atoms with E-state index in [0.717, 1.165) is 42.3 Å². The number of benzene rings is 1. The minimum absolute atomic E-state index is 0.148. The van der Waals surface area contributed by atoms with Gasteiger partial charge in [-0.15, -0.1) is 0 Å². The molecule has 144 valence electrons. The molecule has 0 spiro atoms. The van der Waals surface area contributed by atoms with Crippen LogP contribution >= 0.6 is 0 Å². The number of aromatic nitrogens is 1. The van der Waals surface area contributed by atoms with Crippen molar-refractivity contribution in [3.05, 3.63) is 28.6 Å². The second kappa shape index (κ2) is 10.1. The van der Waals surface area contributed by atoms with E-state index < -0.39 is 0 Å². The Morgan fingerprint density at radius 1 is 0.923 bits per heavy atom. The van der Waals surface area contributed by atoms with Gasteiger partial charge in [0.1, 0.15) is 5.75 Å². The lowest BCUT2D eigenvalue weighted by molar-refractivity contribution is 0.285. The number of methoxy groups -OCH3 is 2. The van der Waals surface area contributed by atoms with Crippen LogP contribution < -0.4 is 19.8 Å². The number of nitrogens with zero attached hydrogens (tertiary/aromatic N) is 1. The zero-order valence-corrected chi connectivity index (χ0v) is 16.5. The molecule has 0 saturated carbocycles. The van der Waals surface area contributed by atoms with Crippen LogP contribution in [0.3, 0.4) is 0 Å². The summed E-state index contributed by atoms with van der Waals surface area (Å²) in [6.07, 6.45) is 6.39. The average molecular weight is 361 g/mol. The molecule has 0 radical (unpaired) electrons. The van der Waals surface area contributed by atoms with Gasteiger partial charge < -0.3 is 18.8 Å². The Morgan fingerprint density at radius 2 is 1.69 bits per heavy atom. The Hall–Kier alpha value is -2.17. The molecule has 0 unspecified atom stereocenters. The van der Waals surface area contributed by atoms with E-state index in [1.54, 1.807) is 11.7 Å². The highest BCUT2D eigenvalue weighted by atomic mass is 16.5. The number of unbranched alkanes of at least 4 members (excludes halogenated alkanes) is 4. The Bertz CT molecular complexity index is 767. The molecule has 1 heterocycles. The molecule has 2 aromatic rings. The van der Waals surface area contributed by atoms with Crippen LogP contribution in [0.1, 0.15) is 52.4 Å². The van der Waals surface area contributed by atoms with Crippen LogP contribution in [-0.4, -0.2) is 25.4 Å². The van der Waals surface area contributed by atoms with Crippen LogP contribution in [0.4, 0.5) is 0 Å². The Balaban J connectivity index is 2.50. The molecule has 26 heavy (non-hydrogen) atoms. The number of fused-ring (bicyclic) bond motifs is 1. The number of hydrogen-bond donors (Lipinski definition) is 0. The van der Waals surface area contributed by atoms with Gasteiger partial charge in [0.2, 0.25) is 5.75 Å². The topological polar surface area (TPSA) is 49.7 Å². The molecule has 0 aliphatic rings. The summed E-state index contributed by atoms with van der Waals surface area (Å²) in [7, 11) is 3.16. The molecule has 0 amide bonds. The Morgan fingerprint density at radius 3 is 2.35 bits per heavy atom. The third kappa shape index (κ3) is 4.51. The van der Waals surface area contributed by atoms with Crippen molar-refractivity contribution in [1.82, 2.24) is 4.57 Å². The first-order valence-electron chi connectivity index (χ1n) is 9.59. The first kappa shape index (κ1) is 20.1. The second-order valence-corrected chi connectivity index (χ2v) is 6.46. The van der Waals surface area contributed by atoms with E-state index in [4.69, 9.17) is 14.2 Å². The minimum Gasteiger partial charge on any atom is -0.497 e.